The number of ether oxygens (including phenoxy) is 1. The number of nitrogens with zero attached hydrogens (tertiary/aromatic N) is 4. The molecule has 1 aromatic heterocycles. The first-order valence-electron chi connectivity index (χ1n) is 3.31. The number of rotatable bonds is 3. The molecule has 0 aliphatic heterocycles. The van der Waals surface area contributed by atoms with Crippen molar-refractivity contribution in [3.63, 3.8) is 0 Å². The van der Waals surface area contributed by atoms with Crippen LogP contribution in [0.4, 0.5) is 5.82 Å². The van der Waals surface area contributed by atoms with Crippen LogP contribution < -0.4 is 0 Å². The van der Waals surface area contributed by atoms with Gasteiger partial charge in [0, 0.05) is 0 Å². The first kappa shape index (κ1) is 8.27. The van der Waals surface area contributed by atoms with Crippen molar-refractivity contribution in [2.75, 3.05) is 7.11 Å². The summed E-state index contributed by atoms with van der Waals surface area (Å²) in [5.41, 5.74) is 0. The summed E-state index contributed by atoms with van der Waals surface area (Å²) >= 11 is 0. The molecule has 62 valence electrons. The van der Waals surface area contributed by atoms with Crippen molar-refractivity contribution in [1.29, 1.82) is 5.26 Å². The Hall–Kier alpha value is -1.83. The van der Waals surface area contributed by atoms with Crippen LogP contribution in [0.3, 0.4) is 0 Å². The zero-order chi connectivity index (χ0) is 8.81. The van der Waals surface area contributed by atoms with Crippen LogP contribution in [0, 0.1) is 11.3 Å². The van der Waals surface area contributed by atoms with E-state index in [4.69, 9.17) is 5.26 Å². The van der Waals surface area contributed by atoms with Gasteiger partial charge in [0.1, 0.15) is 6.54 Å². The Bertz CT molecular complexity index is 309. The van der Waals surface area contributed by atoms with Crippen LogP contribution in [-0.4, -0.2) is 23.1 Å². The summed E-state index contributed by atoms with van der Waals surface area (Å²) in [4.78, 5) is 7.74. The Morgan fingerprint density at radius 1 is 1.92 bits per heavy atom. The lowest BCUT2D eigenvalue weighted by molar-refractivity contribution is 0.423. The zero-order valence-electron chi connectivity index (χ0n) is 6.64. The maximum Gasteiger partial charge on any atom is 0.175 e. The second-order valence-corrected chi connectivity index (χ2v) is 2.01. The summed E-state index contributed by atoms with van der Waals surface area (Å²) in [5.74, 6) is 0.610. The fourth-order valence-corrected chi connectivity index (χ4v) is 0.726. The van der Waals surface area contributed by atoms with Crippen molar-refractivity contribution in [3.8, 4) is 6.07 Å². The van der Waals surface area contributed by atoms with Gasteiger partial charge in [-0.3, -0.25) is 0 Å². The molecule has 0 saturated carbocycles. The molecule has 0 atom stereocenters. The van der Waals surface area contributed by atoms with E-state index in [0.717, 1.165) is 0 Å². The van der Waals surface area contributed by atoms with Gasteiger partial charge in [0.15, 0.2) is 12.2 Å². The van der Waals surface area contributed by atoms with Crippen molar-refractivity contribution >= 4 is 12.2 Å². The molecule has 0 aliphatic carbocycles. The van der Waals surface area contributed by atoms with Crippen LogP contribution in [0.25, 0.3) is 0 Å². The summed E-state index contributed by atoms with van der Waals surface area (Å²) in [7, 11) is 1.51. The first-order chi connectivity index (χ1) is 5.88. The van der Waals surface area contributed by atoms with Gasteiger partial charge in [0.05, 0.1) is 25.7 Å². The smallest absolute Gasteiger partial charge is 0.175 e. The minimum atomic E-state index is 0.246. The van der Waals surface area contributed by atoms with Crippen LogP contribution in [-0.2, 0) is 11.3 Å². The lowest BCUT2D eigenvalue weighted by Gasteiger charge is -1.95. The fraction of sp³-hybridized carbons (Fsp3) is 0.286. The highest BCUT2D eigenvalue weighted by atomic mass is 16.5. The molecule has 0 aliphatic rings. The van der Waals surface area contributed by atoms with Gasteiger partial charge in [-0.1, -0.05) is 0 Å². The Balaban J connectivity index is 2.78. The number of aromatic nitrogens is 2. The third-order valence-electron chi connectivity index (χ3n) is 1.22. The molecule has 0 fully saturated rings. The van der Waals surface area contributed by atoms with Gasteiger partial charge in [-0.05, 0) is 0 Å². The SMILES string of the molecule is COC=Nc1cncn1CC#N. The predicted molar refractivity (Wildman–Crippen MR) is 43.0 cm³/mol. The topological polar surface area (TPSA) is 63.2 Å². The summed E-state index contributed by atoms with van der Waals surface area (Å²) < 4.78 is 6.25. The number of nitriles is 1. The van der Waals surface area contributed by atoms with Crippen LogP contribution in [0.15, 0.2) is 17.5 Å². The van der Waals surface area contributed by atoms with E-state index in [1.807, 2.05) is 6.07 Å². The van der Waals surface area contributed by atoms with Crippen molar-refractivity contribution < 1.29 is 4.74 Å². The van der Waals surface area contributed by atoms with E-state index < -0.39 is 0 Å². The maximum absolute atomic E-state index is 8.41. The van der Waals surface area contributed by atoms with E-state index in [1.165, 1.54) is 13.5 Å². The van der Waals surface area contributed by atoms with E-state index in [0.29, 0.717) is 5.82 Å². The molecule has 5 nitrogen and oxygen atoms in total. The van der Waals surface area contributed by atoms with Gasteiger partial charge in [0.25, 0.3) is 0 Å². The minimum Gasteiger partial charge on any atom is -0.486 e. The molecular weight excluding hydrogens is 156 g/mol. The van der Waals surface area contributed by atoms with Gasteiger partial charge in [-0.2, -0.15) is 5.26 Å². The lowest BCUT2D eigenvalue weighted by atomic mass is 10.6. The Kier molecular flexibility index (Phi) is 2.85. The van der Waals surface area contributed by atoms with E-state index in [9.17, 15) is 0 Å². The number of imidazole rings is 1. The zero-order valence-corrected chi connectivity index (χ0v) is 6.64. The van der Waals surface area contributed by atoms with Crippen LogP contribution in [0.5, 0.6) is 0 Å². The molecule has 12 heavy (non-hydrogen) atoms. The normalized spacial score (nSPS) is 10.0. The average Bonchev–Trinajstić information content (AvgIpc) is 2.50. The number of aliphatic imine (C=N–C) groups is 1. The molecule has 0 radical (unpaired) electrons. The maximum atomic E-state index is 8.41. The molecule has 0 bridgehead atoms. The molecular formula is C7H8N4O. The third-order valence-corrected chi connectivity index (χ3v) is 1.22. The standard InChI is InChI=1S/C7H8N4O/c1-12-6-10-7-4-9-5-11(7)3-2-8/h4-6H,3H2,1H3. The van der Waals surface area contributed by atoms with Crippen LogP contribution in [0.1, 0.15) is 0 Å². The van der Waals surface area contributed by atoms with Crippen molar-refractivity contribution in [2.45, 2.75) is 6.54 Å². The van der Waals surface area contributed by atoms with Crippen LogP contribution >= 0.6 is 0 Å². The second-order valence-electron chi connectivity index (χ2n) is 2.01. The molecule has 0 amide bonds. The monoisotopic (exact) mass is 164 g/mol. The summed E-state index contributed by atoms with van der Waals surface area (Å²) in [6.45, 7) is 0.246. The molecule has 5 heteroatoms. The number of hydrogen-bond donors (Lipinski definition) is 0. The highest BCUT2D eigenvalue weighted by molar-refractivity contribution is 5.52. The van der Waals surface area contributed by atoms with Gasteiger partial charge < -0.3 is 9.30 Å². The molecule has 0 aromatic carbocycles. The van der Waals surface area contributed by atoms with E-state index in [-0.39, 0.29) is 6.54 Å². The van der Waals surface area contributed by atoms with E-state index >= 15 is 0 Å². The van der Waals surface area contributed by atoms with Gasteiger partial charge in [-0.15, -0.1) is 0 Å². The van der Waals surface area contributed by atoms with Crippen molar-refractivity contribution in [2.24, 2.45) is 4.99 Å². The molecule has 1 rings (SSSR count). The largest absolute Gasteiger partial charge is 0.486 e. The average molecular weight is 164 g/mol. The minimum absolute atomic E-state index is 0.246. The Morgan fingerprint density at radius 3 is 3.42 bits per heavy atom. The van der Waals surface area contributed by atoms with Crippen molar-refractivity contribution in [1.82, 2.24) is 9.55 Å². The number of methoxy groups -OCH3 is 1. The fourth-order valence-electron chi connectivity index (χ4n) is 0.726. The van der Waals surface area contributed by atoms with Crippen molar-refractivity contribution in [3.05, 3.63) is 12.5 Å². The van der Waals surface area contributed by atoms with Gasteiger partial charge in [0.2, 0.25) is 0 Å². The quantitative estimate of drug-likeness (QED) is 0.488. The Morgan fingerprint density at radius 2 is 2.75 bits per heavy atom. The summed E-state index contributed by atoms with van der Waals surface area (Å²) in [6.07, 6.45) is 4.41. The third kappa shape index (κ3) is 1.83. The predicted octanol–water partition coefficient (Wildman–Crippen LogP) is 0.713. The number of hydrogen-bond acceptors (Lipinski definition) is 4. The van der Waals surface area contributed by atoms with E-state index in [2.05, 4.69) is 14.7 Å². The summed E-state index contributed by atoms with van der Waals surface area (Å²) in [6, 6.07) is 2.00. The van der Waals surface area contributed by atoms with Crippen LogP contribution in [0.2, 0.25) is 0 Å². The van der Waals surface area contributed by atoms with Gasteiger partial charge in [-0.25, -0.2) is 9.98 Å². The highest BCUT2D eigenvalue weighted by Crippen LogP contribution is 2.08. The molecule has 0 spiro atoms. The molecule has 0 saturated heterocycles. The second kappa shape index (κ2) is 4.13. The van der Waals surface area contributed by atoms with Gasteiger partial charge >= 0.3 is 0 Å². The molecule has 0 unspecified atom stereocenters. The van der Waals surface area contributed by atoms with E-state index in [1.54, 1.807) is 17.1 Å². The molecule has 0 N–H and O–H groups in total. The summed E-state index contributed by atoms with van der Waals surface area (Å²) in [5, 5.41) is 8.41. The Labute approximate surface area is 69.9 Å². The molecule has 1 aromatic rings. The lowest BCUT2D eigenvalue weighted by Crippen LogP contribution is -1.92. The first-order valence-corrected chi connectivity index (χ1v) is 3.31. The molecule has 1 heterocycles. The highest BCUT2D eigenvalue weighted by Gasteiger charge is 1.96.